The molecule has 0 saturated carbocycles. The molecule has 1 aliphatic heterocycles. The molecule has 0 radical (unpaired) electrons. The maximum absolute atomic E-state index is 5.49. The smallest absolute Gasteiger partial charge is 0.0725 e. The zero-order chi connectivity index (χ0) is 13.9. The van der Waals surface area contributed by atoms with E-state index in [1.54, 1.807) is 0 Å². The largest absolute Gasteiger partial charge is 0.372 e. The Morgan fingerprint density at radius 3 is 2.60 bits per heavy atom. The van der Waals surface area contributed by atoms with E-state index in [0.717, 1.165) is 19.6 Å². The number of hydrogen-bond acceptors (Lipinski definition) is 2. The molecule has 0 saturated heterocycles. The van der Waals surface area contributed by atoms with Crippen LogP contribution < -0.4 is 5.32 Å². The molecule has 1 atom stereocenters. The van der Waals surface area contributed by atoms with Gasteiger partial charge in [-0.3, -0.25) is 0 Å². The van der Waals surface area contributed by atoms with E-state index in [0.29, 0.717) is 6.04 Å². The zero-order valence-corrected chi connectivity index (χ0v) is 13.7. The number of nitrogens with one attached hydrogen (secondary N) is 1. The lowest BCUT2D eigenvalue weighted by atomic mass is 9.96. The molecule has 0 bridgehead atoms. The molecule has 1 N–H and O–H groups in total. The first kappa shape index (κ1) is 14.0. The maximum atomic E-state index is 5.49. The van der Waals surface area contributed by atoms with Crippen molar-refractivity contribution in [2.45, 2.75) is 25.7 Å². The summed E-state index contributed by atoms with van der Waals surface area (Å²) in [5.74, 6) is 0. The molecule has 3 rings (SSSR count). The van der Waals surface area contributed by atoms with Gasteiger partial charge >= 0.3 is 0 Å². The topological polar surface area (TPSA) is 21.3 Å². The Morgan fingerprint density at radius 2 is 1.85 bits per heavy atom. The predicted octanol–water partition coefficient (Wildman–Crippen LogP) is 3.82. The second kappa shape index (κ2) is 6.24. The lowest BCUT2D eigenvalue weighted by Gasteiger charge is -2.18. The molecular formula is C17H18INO. The number of ether oxygens (including phenoxy) is 1. The molecule has 0 fully saturated rings. The monoisotopic (exact) mass is 379 g/mol. The molecule has 3 heteroatoms. The van der Waals surface area contributed by atoms with E-state index in [9.17, 15) is 0 Å². The van der Waals surface area contributed by atoms with Crippen molar-refractivity contribution in [3.63, 3.8) is 0 Å². The first-order valence-corrected chi connectivity index (χ1v) is 7.95. The fourth-order valence-electron chi connectivity index (χ4n) is 2.65. The molecule has 20 heavy (non-hydrogen) atoms. The summed E-state index contributed by atoms with van der Waals surface area (Å²) < 4.78 is 6.77. The van der Waals surface area contributed by atoms with Crippen LogP contribution in [0.1, 0.15) is 28.3 Å². The summed E-state index contributed by atoms with van der Waals surface area (Å²) in [4.78, 5) is 0. The van der Waals surface area contributed by atoms with E-state index in [1.807, 2.05) is 7.05 Å². The van der Waals surface area contributed by atoms with Crippen LogP contribution in [0.5, 0.6) is 0 Å². The van der Waals surface area contributed by atoms with Gasteiger partial charge in [-0.15, -0.1) is 0 Å². The summed E-state index contributed by atoms with van der Waals surface area (Å²) in [5.41, 5.74) is 5.38. The van der Waals surface area contributed by atoms with Crippen LogP contribution >= 0.6 is 22.6 Å². The SMILES string of the molecule is CNC(Cc1ccc(I)cc1)c1ccc2c(c1)COC2. The molecule has 2 aromatic rings. The van der Waals surface area contributed by atoms with Gasteiger partial charge in [-0.25, -0.2) is 0 Å². The average Bonchev–Trinajstić information content (AvgIpc) is 2.94. The third-order valence-corrected chi connectivity index (χ3v) is 4.57. The van der Waals surface area contributed by atoms with Crippen molar-refractivity contribution >= 4 is 22.6 Å². The molecule has 0 aliphatic carbocycles. The van der Waals surface area contributed by atoms with E-state index < -0.39 is 0 Å². The Bertz CT molecular complexity index is 594. The molecule has 104 valence electrons. The number of rotatable bonds is 4. The second-order valence-electron chi connectivity index (χ2n) is 5.19. The van der Waals surface area contributed by atoms with Crippen molar-refractivity contribution < 1.29 is 4.74 Å². The highest BCUT2D eigenvalue weighted by Crippen LogP contribution is 2.25. The molecule has 1 heterocycles. The van der Waals surface area contributed by atoms with Gasteiger partial charge in [0.25, 0.3) is 0 Å². The van der Waals surface area contributed by atoms with Gasteiger partial charge in [-0.2, -0.15) is 0 Å². The van der Waals surface area contributed by atoms with Crippen molar-refractivity contribution in [3.8, 4) is 0 Å². The lowest BCUT2D eigenvalue weighted by molar-refractivity contribution is 0.134. The Morgan fingerprint density at radius 1 is 1.10 bits per heavy atom. The molecule has 2 nitrogen and oxygen atoms in total. The van der Waals surface area contributed by atoms with Gasteiger partial charge in [0, 0.05) is 9.61 Å². The van der Waals surface area contributed by atoms with Crippen LogP contribution in [0.25, 0.3) is 0 Å². The summed E-state index contributed by atoms with van der Waals surface area (Å²) in [6.45, 7) is 1.51. The van der Waals surface area contributed by atoms with Crippen LogP contribution in [0.15, 0.2) is 42.5 Å². The first-order valence-electron chi connectivity index (χ1n) is 6.87. The summed E-state index contributed by atoms with van der Waals surface area (Å²) >= 11 is 2.34. The Balaban J connectivity index is 1.81. The summed E-state index contributed by atoms with van der Waals surface area (Å²) in [6, 6.07) is 15.8. The Kier molecular flexibility index (Phi) is 4.38. The minimum absolute atomic E-state index is 0.348. The predicted molar refractivity (Wildman–Crippen MR) is 89.6 cm³/mol. The minimum atomic E-state index is 0.348. The highest BCUT2D eigenvalue weighted by Gasteiger charge is 2.15. The van der Waals surface area contributed by atoms with Gasteiger partial charge in [0.15, 0.2) is 0 Å². The van der Waals surface area contributed by atoms with Gasteiger partial charge in [-0.1, -0.05) is 30.3 Å². The van der Waals surface area contributed by atoms with Crippen LogP contribution in [0.4, 0.5) is 0 Å². The highest BCUT2D eigenvalue weighted by molar-refractivity contribution is 14.1. The van der Waals surface area contributed by atoms with Crippen LogP contribution in [0, 0.1) is 3.57 Å². The first-order chi connectivity index (χ1) is 9.76. The standard InChI is InChI=1S/C17H18INO/c1-19-17(8-12-2-6-16(18)7-3-12)13-4-5-14-10-20-11-15(14)9-13/h2-7,9,17,19H,8,10-11H2,1H3. The molecule has 0 amide bonds. The van der Waals surface area contributed by atoms with Crippen LogP contribution in [0.3, 0.4) is 0 Å². The third kappa shape index (κ3) is 3.05. The quantitative estimate of drug-likeness (QED) is 0.816. The van der Waals surface area contributed by atoms with E-state index in [4.69, 9.17) is 4.74 Å². The zero-order valence-electron chi connectivity index (χ0n) is 11.5. The summed E-state index contributed by atoms with van der Waals surface area (Å²) in [5, 5.41) is 3.43. The van der Waals surface area contributed by atoms with Gasteiger partial charge in [0.05, 0.1) is 13.2 Å². The molecule has 1 unspecified atom stereocenters. The molecule has 0 aromatic heterocycles. The second-order valence-corrected chi connectivity index (χ2v) is 6.44. The number of likely N-dealkylation sites (N-methyl/N-ethyl adjacent to an activating group) is 1. The fraction of sp³-hybridized carbons (Fsp3) is 0.294. The van der Waals surface area contributed by atoms with Crippen LogP contribution in [0.2, 0.25) is 0 Å². The van der Waals surface area contributed by atoms with Crippen molar-refractivity contribution in [2.24, 2.45) is 0 Å². The number of halogens is 1. The van der Waals surface area contributed by atoms with E-state index >= 15 is 0 Å². The van der Waals surface area contributed by atoms with E-state index in [-0.39, 0.29) is 0 Å². The Labute approximate surface area is 133 Å². The van der Waals surface area contributed by atoms with Gasteiger partial charge in [0.1, 0.15) is 0 Å². The normalized spacial score (nSPS) is 15.1. The van der Waals surface area contributed by atoms with Crippen LogP contribution in [-0.4, -0.2) is 7.05 Å². The van der Waals surface area contributed by atoms with Crippen molar-refractivity contribution in [3.05, 3.63) is 68.3 Å². The lowest BCUT2D eigenvalue weighted by Crippen LogP contribution is -2.19. The third-order valence-electron chi connectivity index (χ3n) is 3.85. The molecular weight excluding hydrogens is 361 g/mol. The molecule has 0 spiro atoms. The molecule has 2 aromatic carbocycles. The van der Waals surface area contributed by atoms with Crippen molar-refractivity contribution in [1.82, 2.24) is 5.32 Å². The van der Waals surface area contributed by atoms with Gasteiger partial charge < -0.3 is 10.1 Å². The van der Waals surface area contributed by atoms with Gasteiger partial charge in [0.2, 0.25) is 0 Å². The average molecular weight is 379 g/mol. The fourth-order valence-corrected chi connectivity index (χ4v) is 3.01. The van der Waals surface area contributed by atoms with Crippen LogP contribution in [-0.2, 0) is 24.4 Å². The van der Waals surface area contributed by atoms with E-state index in [2.05, 4.69) is 70.4 Å². The van der Waals surface area contributed by atoms with Crippen molar-refractivity contribution in [2.75, 3.05) is 7.05 Å². The highest BCUT2D eigenvalue weighted by atomic mass is 127. The minimum Gasteiger partial charge on any atom is -0.372 e. The number of fused-ring (bicyclic) bond motifs is 1. The molecule has 1 aliphatic rings. The summed E-state index contributed by atoms with van der Waals surface area (Å²) in [7, 11) is 2.03. The number of benzene rings is 2. The maximum Gasteiger partial charge on any atom is 0.0725 e. The Hall–Kier alpha value is -0.910. The van der Waals surface area contributed by atoms with E-state index in [1.165, 1.54) is 25.8 Å². The number of hydrogen-bond donors (Lipinski definition) is 1. The van der Waals surface area contributed by atoms with Crippen molar-refractivity contribution in [1.29, 1.82) is 0 Å². The summed E-state index contributed by atoms with van der Waals surface area (Å²) in [6.07, 6.45) is 1.01. The van der Waals surface area contributed by atoms with Gasteiger partial charge in [-0.05, 0) is 70.4 Å².